The van der Waals surface area contributed by atoms with Crippen LogP contribution < -0.4 is 10.6 Å². The zero-order chi connectivity index (χ0) is 18.9. The van der Waals surface area contributed by atoms with Crippen molar-refractivity contribution in [2.24, 2.45) is 10.8 Å². The maximum absolute atomic E-state index is 3.79. The highest BCUT2D eigenvalue weighted by atomic mass is 14.9. The minimum Gasteiger partial charge on any atom is -0.315 e. The summed E-state index contributed by atoms with van der Waals surface area (Å²) in [7, 11) is 0. The SMILES string of the molecule is CC(C)NCCCC(C)(C)CCC(C)(C)NCCCCC(C)(C)C. The molecule has 0 amide bonds. The summed E-state index contributed by atoms with van der Waals surface area (Å²) < 4.78 is 0. The molecular weight excluding hydrogens is 292 g/mol. The van der Waals surface area contributed by atoms with E-state index >= 15 is 0 Å². The number of rotatable bonds is 13. The van der Waals surface area contributed by atoms with E-state index in [1.165, 1.54) is 44.9 Å². The fourth-order valence-corrected chi connectivity index (χ4v) is 3.03. The predicted octanol–water partition coefficient (Wildman–Crippen LogP) is 6.16. The Balaban J connectivity index is 3.91. The molecule has 0 radical (unpaired) electrons. The summed E-state index contributed by atoms with van der Waals surface area (Å²) >= 11 is 0. The van der Waals surface area contributed by atoms with Gasteiger partial charge in [-0.2, -0.15) is 0 Å². The van der Waals surface area contributed by atoms with E-state index in [2.05, 4.69) is 72.9 Å². The molecule has 0 atom stereocenters. The normalized spacial score (nSPS) is 13.8. The van der Waals surface area contributed by atoms with Crippen molar-refractivity contribution in [1.29, 1.82) is 0 Å². The van der Waals surface area contributed by atoms with E-state index in [0.29, 0.717) is 16.9 Å². The van der Waals surface area contributed by atoms with Crippen molar-refractivity contribution in [3.63, 3.8) is 0 Å². The summed E-state index contributed by atoms with van der Waals surface area (Å²) in [5.74, 6) is 0. The Morgan fingerprint density at radius 1 is 0.667 bits per heavy atom. The van der Waals surface area contributed by atoms with Crippen molar-refractivity contribution in [3.8, 4) is 0 Å². The lowest BCUT2D eigenvalue weighted by molar-refractivity contribution is 0.239. The first-order chi connectivity index (χ1) is 10.8. The fraction of sp³-hybridized carbons (Fsp3) is 1.00. The minimum atomic E-state index is 0.259. The van der Waals surface area contributed by atoms with Gasteiger partial charge in [0, 0.05) is 11.6 Å². The summed E-state index contributed by atoms with van der Waals surface area (Å²) in [5.41, 5.74) is 1.18. The van der Waals surface area contributed by atoms with Gasteiger partial charge in [0.15, 0.2) is 0 Å². The smallest absolute Gasteiger partial charge is 0.0125 e. The van der Waals surface area contributed by atoms with Crippen LogP contribution in [0.1, 0.15) is 107 Å². The third-order valence-electron chi connectivity index (χ3n) is 4.97. The maximum Gasteiger partial charge on any atom is 0.0125 e. The second kappa shape index (κ2) is 10.8. The number of unbranched alkanes of at least 4 members (excludes halogenated alkanes) is 1. The second-order valence-corrected chi connectivity index (χ2v) is 10.7. The van der Waals surface area contributed by atoms with E-state index in [0.717, 1.165) is 13.1 Å². The van der Waals surface area contributed by atoms with Gasteiger partial charge in [-0.1, -0.05) is 54.9 Å². The Morgan fingerprint density at radius 2 is 1.29 bits per heavy atom. The Labute approximate surface area is 154 Å². The Morgan fingerprint density at radius 3 is 1.83 bits per heavy atom. The van der Waals surface area contributed by atoms with Crippen molar-refractivity contribution in [3.05, 3.63) is 0 Å². The molecule has 0 aliphatic rings. The van der Waals surface area contributed by atoms with Crippen molar-refractivity contribution in [2.75, 3.05) is 13.1 Å². The Hall–Kier alpha value is -0.0800. The molecule has 146 valence electrons. The molecule has 0 aromatic carbocycles. The van der Waals surface area contributed by atoms with Crippen molar-refractivity contribution < 1.29 is 0 Å². The van der Waals surface area contributed by atoms with E-state index in [-0.39, 0.29) is 5.54 Å². The maximum atomic E-state index is 3.79. The van der Waals surface area contributed by atoms with Crippen molar-refractivity contribution in [2.45, 2.75) is 119 Å². The van der Waals surface area contributed by atoms with Gasteiger partial charge in [-0.25, -0.2) is 0 Å². The van der Waals surface area contributed by atoms with Gasteiger partial charge in [-0.3, -0.25) is 0 Å². The van der Waals surface area contributed by atoms with E-state index in [9.17, 15) is 0 Å². The van der Waals surface area contributed by atoms with Crippen LogP contribution >= 0.6 is 0 Å². The molecule has 0 spiro atoms. The highest BCUT2D eigenvalue weighted by Crippen LogP contribution is 2.31. The molecule has 0 aliphatic carbocycles. The zero-order valence-corrected chi connectivity index (χ0v) is 18.4. The molecule has 0 fully saturated rings. The lowest BCUT2D eigenvalue weighted by Gasteiger charge is -2.32. The van der Waals surface area contributed by atoms with Crippen molar-refractivity contribution in [1.82, 2.24) is 10.6 Å². The lowest BCUT2D eigenvalue weighted by atomic mass is 9.79. The molecule has 2 heteroatoms. The standard InChI is InChI=1S/C22H48N2/c1-19(2)23-17-12-14-21(6,7)15-16-22(8,9)24-18-11-10-13-20(3,4)5/h19,23-24H,10-18H2,1-9H3. The van der Waals surface area contributed by atoms with Crippen LogP contribution in [0, 0.1) is 10.8 Å². The third kappa shape index (κ3) is 15.4. The molecule has 24 heavy (non-hydrogen) atoms. The van der Waals surface area contributed by atoms with Crippen LogP contribution in [0.5, 0.6) is 0 Å². The van der Waals surface area contributed by atoms with Crippen LogP contribution in [-0.4, -0.2) is 24.7 Å². The first-order valence-electron chi connectivity index (χ1n) is 10.3. The number of hydrogen-bond donors (Lipinski definition) is 2. The summed E-state index contributed by atoms with van der Waals surface area (Å²) in [5, 5.41) is 7.32. The molecule has 0 aromatic heterocycles. The van der Waals surface area contributed by atoms with Crippen LogP contribution in [-0.2, 0) is 0 Å². The molecule has 0 aliphatic heterocycles. The van der Waals surface area contributed by atoms with Crippen LogP contribution in [0.25, 0.3) is 0 Å². The van der Waals surface area contributed by atoms with Gasteiger partial charge in [0.25, 0.3) is 0 Å². The summed E-state index contributed by atoms with van der Waals surface area (Å²) in [4.78, 5) is 0. The minimum absolute atomic E-state index is 0.259. The third-order valence-corrected chi connectivity index (χ3v) is 4.97. The van der Waals surface area contributed by atoms with Gasteiger partial charge in [-0.05, 0) is 76.3 Å². The fourth-order valence-electron chi connectivity index (χ4n) is 3.03. The molecule has 0 unspecified atom stereocenters. The largest absolute Gasteiger partial charge is 0.315 e. The first-order valence-corrected chi connectivity index (χ1v) is 10.3. The number of nitrogens with one attached hydrogen (secondary N) is 2. The van der Waals surface area contributed by atoms with Gasteiger partial charge in [0.1, 0.15) is 0 Å². The molecule has 0 saturated carbocycles. The quantitative estimate of drug-likeness (QED) is 0.393. The molecule has 0 bridgehead atoms. The van der Waals surface area contributed by atoms with E-state index < -0.39 is 0 Å². The van der Waals surface area contributed by atoms with Gasteiger partial charge in [0.05, 0.1) is 0 Å². The lowest BCUT2D eigenvalue weighted by Crippen LogP contribution is -2.40. The van der Waals surface area contributed by atoms with E-state index in [1.807, 2.05) is 0 Å². The summed E-state index contributed by atoms with van der Waals surface area (Å²) in [6, 6.07) is 0.606. The van der Waals surface area contributed by atoms with Gasteiger partial charge >= 0.3 is 0 Å². The molecule has 0 heterocycles. The Kier molecular flexibility index (Phi) is 10.8. The average molecular weight is 341 g/mol. The highest BCUT2D eigenvalue weighted by Gasteiger charge is 2.23. The van der Waals surface area contributed by atoms with Crippen LogP contribution in [0.2, 0.25) is 0 Å². The van der Waals surface area contributed by atoms with Crippen LogP contribution in [0.15, 0.2) is 0 Å². The van der Waals surface area contributed by atoms with E-state index in [4.69, 9.17) is 0 Å². The van der Waals surface area contributed by atoms with Gasteiger partial charge < -0.3 is 10.6 Å². The first kappa shape index (κ1) is 23.9. The van der Waals surface area contributed by atoms with Gasteiger partial charge in [0.2, 0.25) is 0 Å². The highest BCUT2D eigenvalue weighted by molar-refractivity contribution is 4.81. The van der Waals surface area contributed by atoms with Crippen LogP contribution in [0.4, 0.5) is 0 Å². The average Bonchev–Trinajstić information content (AvgIpc) is 2.40. The van der Waals surface area contributed by atoms with E-state index in [1.54, 1.807) is 0 Å². The monoisotopic (exact) mass is 340 g/mol. The molecule has 2 nitrogen and oxygen atoms in total. The molecule has 0 aromatic rings. The Bertz CT molecular complexity index is 310. The zero-order valence-electron chi connectivity index (χ0n) is 18.4. The second-order valence-electron chi connectivity index (χ2n) is 10.7. The topological polar surface area (TPSA) is 24.1 Å². The summed E-state index contributed by atoms with van der Waals surface area (Å²) in [6.07, 6.45) is 9.12. The molecule has 0 rings (SSSR count). The van der Waals surface area contributed by atoms with Crippen LogP contribution in [0.3, 0.4) is 0 Å². The molecule has 0 saturated heterocycles. The van der Waals surface area contributed by atoms with Crippen molar-refractivity contribution >= 4 is 0 Å². The summed E-state index contributed by atoms with van der Waals surface area (Å²) in [6.45, 7) is 23.4. The molecular formula is C22H48N2. The predicted molar refractivity (Wildman–Crippen MR) is 111 cm³/mol. The number of hydrogen-bond acceptors (Lipinski definition) is 2. The van der Waals surface area contributed by atoms with Gasteiger partial charge in [-0.15, -0.1) is 0 Å². The molecule has 2 N–H and O–H groups in total.